The van der Waals surface area contributed by atoms with Gasteiger partial charge in [0.25, 0.3) is 0 Å². The van der Waals surface area contributed by atoms with E-state index in [9.17, 15) is 17.6 Å². The Morgan fingerprint density at radius 1 is 1.15 bits per heavy atom. The molecule has 2 aromatic carbocycles. The summed E-state index contributed by atoms with van der Waals surface area (Å²) in [7, 11) is -2.15. The van der Waals surface area contributed by atoms with E-state index in [4.69, 9.17) is 0 Å². The minimum absolute atomic E-state index is 0.120. The Kier molecular flexibility index (Phi) is 6.87. The molecule has 1 N–H and O–H groups in total. The summed E-state index contributed by atoms with van der Waals surface area (Å²) in [6.45, 7) is 3.72. The molecule has 1 amide bonds. The van der Waals surface area contributed by atoms with Gasteiger partial charge in [-0.05, 0) is 38.1 Å². The first-order valence-electron chi connectivity index (χ1n) is 8.46. The average molecular weight is 390 g/mol. The highest BCUT2D eigenvalue weighted by Crippen LogP contribution is 2.15. The number of nitrogens with zero attached hydrogens (tertiary/aromatic N) is 1. The zero-order chi connectivity index (χ0) is 20.0. The van der Waals surface area contributed by atoms with Crippen molar-refractivity contribution < 1.29 is 17.6 Å². The van der Waals surface area contributed by atoms with E-state index in [0.29, 0.717) is 11.1 Å². The zero-order valence-corrected chi connectivity index (χ0v) is 16.4. The molecule has 0 fully saturated rings. The minimum Gasteiger partial charge on any atom is -0.351 e. The van der Waals surface area contributed by atoms with Crippen LogP contribution in [0.3, 0.4) is 0 Å². The molecule has 2 aromatic rings. The lowest BCUT2D eigenvalue weighted by atomic mass is 10.1. The van der Waals surface area contributed by atoms with Crippen LogP contribution in [-0.4, -0.2) is 38.8 Å². The van der Waals surface area contributed by atoms with Crippen molar-refractivity contribution in [3.05, 3.63) is 71.0 Å². The smallest absolute Gasteiger partial charge is 0.246 e. The van der Waals surface area contributed by atoms with Crippen molar-refractivity contribution in [2.24, 2.45) is 0 Å². The maximum Gasteiger partial charge on any atom is 0.246 e. The Morgan fingerprint density at radius 3 is 2.41 bits per heavy atom. The molecule has 0 aliphatic rings. The van der Waals surface area contributed by atoms with Gasteiger partial charge in [-0.1, -0.05) is 35.9 Å². The van der Waals surface area contributed by atoms with Crippen molar-refractivity contribution in [2.45, 2.75) is 18.7 Å². The molecule has 0 radical (unpaired) electrons. The van der Waals surface area contributed by atoms with Gasteiger partial charge in [0.1, 0.15) is 5.82 Å². The quantitative estimate of drug-likeness (QED) is 0.739. The third-order valence-electron chi connectivity index (χ3n) is 4.08. The Balaban J connectivity index is 1.94. The number of halogens is 1. The Bertz CT molecular complexity index is 938. The lowest BCUT2D eigenvalue weighted by Gasteiger charge is -2.17. The summed E-state index contributed by atoms with van der Waals surface area (Å²) in [5.41, 5.74) is 1.63. The second-order valence-corrected chi connectivity index (χ2v) is 8.29. The minimum atomic E-state index is -3.61. The Labute approximate surface area is 159 Å². The van der Waals surface area contributed by atoms with Crippen molar-refractivity contribution in [1.82, 2.24) is 9.62 Å². The standard InChI is InChI=1S/C20H23FN2O3S/c1-15-8-10-18(11-9-15)27(25,26)23(3)13-12-22-20(24)16(2)14-17-6-4-5-7-19(17)21/h4-11,14H,12-13H2,1-3H3,(H,22,24)/b16-14+. The van der Waals surface area contributed by atoms with Gasteiger partial charge >= 0.3 is 0 Å². The molecule has 0 heterocycles. The second-order valence-electron chi connectivity index (χ2n) is 6.24. The molecule has 0 bridgehead atoms. The highest BCUT2D eigenvalue weighted by atomic mass is 32.2. The summed E-state index contributed by atoms with van der Waals surface area (Å²) >= 11 is 0. The van der Waals surface area contributed by atoms with Crippen molar-refractivity contribution in [1.29, 1.82) is 0 Å². The van der Waals surface area contributed by atoms with Crippen LogP contribution in [0.25, 0.3) is 6.08 Å². The van der Waals surface area contributed by atoms with E-state index in [1.807, 2.05) is 6.92 Å². The lowest BCUT2D eigenvalue weighted by molar-refractivity contribution is -0.117. The van der Waals surface area contributed by atoms with Crippen molar-refractivity contribution in [3.63, 3.8) is 0 Å². The van der Waals surface area contributed by atoms with Gasteiger partial charge in [0.05, 0.1) is 4.90 Å². The summed E-state index contributed by atoms with van der Waals surface area (Å²) < 4.78 is 39.8. The predicted octanol–water partition coefficient (Wildman–Crippen LogP) is 2.97. The summed E-state index contributed by atoms with van der Waals surface area (Å²) in [6.07, 6.45) is 1.46. The molecule has 0 atom stereocenters. The van der Waals surface area contributed by atoms with Gasteiger partial charge in [-0.2, -0.15) is 4.31 Å². The van der Waals surface area contributed by atoms with E-state index in [0.717, 1.165) is 5.56 Å². The summed E-state index contributed by atoms with van der Waals surface area (Å²) in [5, 5.41) is 2.65. The molecular formula is C20H23FN2O3S. The molecule has 7 heteroatoms. The van der Waals surface area contributed by atoms with Crippen molar-refractivity contribution >= 4 is 22.0 Å². The molecule has 0 aliphatic carbocycles. The van der Waals surface area contributed by atoms with Gasteiger partial charge < -0.3 is 5.32 Å². The largest absolute Gasteiger partial charge is 0.351 e. The van der Waals surface area contributed by atoms with E-state index >= 15 is 0 Å². The number of carbonyl (C=O) groups is 1. The predicted molar refractivity (Wildman–Crippen MR) is 104 cm³/mol. The summed E-state index contributed by atoms with van der Waals surface area (Å²) in [5.74, 6) is -0.784. The van der Waals surface area contributed by atoms with Crippen LogP contribution in [0.2, 0.25) is 0 Å². The van der Waals surface area contributed by atoms with Crippen LogP contribution in [0.5, 0.6) is 0 Å². The molecular weight excluding hydrogens is 367 g/mol. The molecule has 27 heavy (non-hydrogen) atoms. The number of nitrogens with one attached hydrogen (secondary N) is 1. The van der Waals surface area contributed by atoms with Gasteiger partial charge in [0, 0.05) is 31.3 Å². The number of sulfonamides is 1. The van der Waals surface area contributed by atoms with Crippen LogP contribution < -0.4 is 5.32 Å². The average Bonchev–Trinajstić information content (AvgIpc) is 2.63. The third-order valence-corrected chi connectivity index (χ3v) is 5.95. The van der Waals surface area contributed by atoms with E-state index in [1.165, 1.54) is 23.5 Å². The number of hydrogen-bond acceptors (Lipinski definition) is 3. The molecule has 2 rings (SSSR count). The van der Waals surface area contributed by atoms with Crippen LogP contribution in [0.15, 0.2) is 59.0 Å². The van der Waals surface area contributed by atoms with Crippen LogP contribution in [0.1, 0.15) is 18.1 Å². The van der Waals surface area contributed by atoms with Gasteiger partial charge in [-0.15, -0.1) is 0 Å². The summed E-state index contributed by atoms with van der Waals surface area (Å²) in [4.78, 5) is 12.3. The fraction of sp³-hybridized carbons (Fsp3) is 0.250. The first-order chi connectivity index (χ1) is 12.7. The van der Waals surface area contributed by atoms with E-state index in [2.05, 4.69) is 5.32 Å². The van der Waals surface area contributed by atoms with E-state index in [-0.39, 0.29) is 23.9 Å². The molecule has 0 unspecified atom stereocenters. The normalized spacial score (nSPS) is 12.3. The van der Waals surface area contributed by atoms with Crippen molar-refractivity contribution in [2.75, 3.05) is 20.1 Å². The fourth-order valence-electron chi connectivity index (χ4n) is 2.37. The molecule has 144 valence electrons. The van der Waals surface area contributed by atoms with Gasteiger partial charge in [0.15, 0.2) is 0 Å². The maximum atomic E-state index is 13.6. The highest BCUT2D eigenvalue weighted by Gasteiger charge is 2.20. The third kappa shape index (κ3) is 5.48. The maximum absolute atomic E-state index is 13.6. The van der Waals surface area contributed by atoms with Crippen LogP contribution in [-0.2, 0) is 14.8 Å². The Morgan fingerprint density at radius 2 is 1.78 bits per heavy atom. The number of likely N-dealkylation sites (N-methyl/N-ethyl adjacent to an activating group) is 1. The molecule has 0 saturated heterocycles. The van der Waals surface area contributed by atoms with Gasteiger partial charge in [-0.3, -0.25) is 4.79 Å². The SMILES string of the molecule is C/C(=C\c1ccccc1F)C(=O)NCCN(C)S(=O)(=O)c1ccc(C)cc1. The first kappa shape index (κ1) is 20.8. The van der Waals surface area contributed by atoms with Crippen molar-refractivity contribution in [3.8, 4) is 0 Å². The zero-order valence-electron chi connectivity index (χ0n) is 15.6. The second kappa shape index (κ2) is 8.92. The number of aryl methyl sites for hydroxylation is 1. The number of rotatable bonds is 7. The number of benzene rings is 2. The monoisotopic (exact) mass is 390 g/mol. The molecule has 0 saturated carbocycles. The number of hydrogen-bond donors (Lipinski definition) is 1. The molecule has 0 aromatic heterocycles. The highest BCUT2D eigenvalue weighted by molar-refractivity contribution is 7.89. The van der Waals surface area contributed by atoms with E-state index < -0.39 is 15.8 Å². The number of carbonyl (C=O) groups excluding carboxylic acids is 1. The number of amides is 1. The molecule has 0 spiro atoms. The molecule has 0 aliphatic heterocycles. The summed E-state index contributed by atoms with van der Waals surface area (Å²) in [6, 6.07) is 12.7. The van der Waals surface area contributed by atoms with E-state index in [1.54, 1.807) is 49.4 Å². The van der Waals surface area contributed by atoms with Crippen LogP contribution in [0, 0.1) is 12.7 Å². The lowest BCUT2D eigenvalue weighted by Crippen LogP contribution is -2.36. The fourth-order valence-corrected chi connectivity index (χ4v) is 3.54. The van der Waals surface area contributed by atoms with Crippen LogP contribution in [0.4, 0.5) is 4.39 Å². The Hall–Kier alpha value is -2.51. The first-order valence-corrected chi connectivity index (χ1v) is 9.90. The van der Waals surface area contributed by atoms with Gasteiger partial charge in [-0.25, -0.2) is 12.8 Å². The van der Waals surface area contributed by atoms with Crippen LogP contribution >= 0.6 is 0 Å². The van der Waals surface area contributed by atoms with Gasteiger partial charge in [0.2, 0.25) is 15.9 Å². The molecule has 5 nitrogen and oxygen atoms in total. The topological polar surface area (TPSA) is 66.5 Å².